The Hall–Kier alpha value is -3.87. The van der Waals surface area contributed by atoms with Gasteiger partial charge in [0.1, 0.15) is 18.1 Å². The van der Waals surface area contributed by atoms with Crippen LogP contribution in [0.5, 0.6) is 5.75 Å². The summed E-state index contributed by atoms with van der Waals surface area (Å²) in [6.45, 7) is -0.0142. The van der Waals surface area contributed by atoms with Gasteiger partial charge in [-0.1, -0.05) is 12.1 Å². The summed E-state index contributed by atoms with van der Waals surface area (Å²) in [6, 6.07) is 14.2. The van der Waals surface area contributed by atoms with Crippen LogP contribution >= 0.6 is 0 Å². The molecule has 0 unspecified atom stereocenters. The number of methoxy groups -OCH3 is 1. The first kappa shape index (κ1) is 18.5. The molecule has 7 heteroatoms. The molecular weight excluding hydrogens is 370 g/mol. The fourth-order valence-corrected chi connectivity index (χ4v) is 3.37. The van der Waals surface area contributed by atoms with Crippen LogP contribution in [0.2, 0.25) is 0 Å². The van der Waals surface area contributed by atoms with Crippen molar-refractivity contribution in [3.8, 4) is 17.1 Å². The molecule has 2 N–H and O–H groups in total. The number of furan rings is 1. The molecule has 0 saturated carbocycles. The van der Waals surface area contributed by atoms with Gasteiger partial charge in [0.15, 0.2) is 0 Å². The lowest BCUT2D eigenvalue weighted by Gasteiger charge is -2.20. The number of hydrogen-bond acceptors (Lipinski definition) is 5. The number of ether oxygens (including phenoxy) is 1. The minimum Gasteiger partial charge on any atom is -0.496 e. The number of likely N-dealkylation sites (N-methyl/N-ethyl adjacent to an activating group) is 1. The second kappa shape index (κ2) is 7.27. The molecule has 29 heavy (non-hydrogen) atoms. The van der Waals surface area contributed by atoms with Crippen LogP contribution in [-0.4, -0.2) is 38.2 Å². The van der Waals surface area contributed by atoms with Crippen LogP contribution in [0.3, 0.4) is 0 Å². The zero-order valence-corrected chi connectivity index (χ0v) is 16.0. The molecule has 7 nitrogen and oxygen atoms in total. The van der Waals surface area contributed by atoms with Gasteiger partial charge in [-0.15, -0.1) is 0 Å². The first-order valence-corrected chi connectivity index (χ1v) is 8.97. The second-order valence-corrected chi connectivity index (χ2v) is 6.61. The monoisotopic (exact) mass is 389 g/mol. The molecule has 2 amide bonds. The summed E-state index contributed by atoms with van der Waals surface area (Å²) in [5, 5.41) is 0. The average molecular weight is 389 g/mol. The van der Waals surface area contributed by atoms with Crippen LogP contribution in [0, 0.1) is 0 Å². The molecule has 0 spiro atoms. The molecule has 2 aromatic carbocycles. The SMILES string of the molecule is COc1cc2c(cc1-c1ccco1)C(c1cccc(C(N)=O)c1)=NCC(=O)N2C. The fourth-order valence-electron chi connectivity index (χ4n) is 3.37. The number of nitrogens with zero attached hydrogens (tertiary/aromatic N) is 2. The van der Waals surface area contributed by atoms with Crippen molar-refractivity contribution in [3.63, 3.8) is 0 Å². The van der Waals surface area contributed by atoms with E-state index in [1.807, 2.05) is 18.2 Å². The number of fused-ring (bicyclic) bond motifs is 1. The number of amides is 2. The molecule has 0 saturated heterocycles. The van der Waals surface area contributed by atoms with Crippen molar-refractivity contribution in [2.45, 2.75) is 0 Å². The fraction of sp³-hybridized carbons (Fsp3) is 0.136. The molecule has 0 radical (unpaired) electrons. The molecule has 1 aliphatic rings. The van der Waals surface area contributed by atoms with Crippen LogP contribution in [0.1, 0.15) is 21.5 Å². The lowest BCUT2D eigenvalue weighted by Crippen LogP contribution is -2.27. The van der Waals surface area contributed by atoms with Gasteiger partial charge in [-0.3, -0.25) is 14.6 Å². The van der Waals surface area contributed by atoms with Crippen LogP contribution in [0.25, 0.3) is 11.3 Å². The summed E-state index contributed by atoms with van der Waals surface area (Å²) in [7, 11) is 3.27. The summed E-state index contributed by atoms with van der Waals surface area (Å²) >= 11 is 0. The van der Waals surface area contributed by atoms with Gasteiger partial charge in [0.2, 0.25) is 11.8 Å². The summed E-state index contributed by atoms with van der Waals surface area (Å²) in [6.07, 6.45) is 1.58. The third-order valence-electron chi connectivity index (χ3n) is 4.89. The highest BCUT2D eigenvalue weighted by molar-refractivity contribution is 6.20. The first-order valence-electron chi connectivity index (χ1n) is 8.97. The van der Waals surface area contributed by atoms with E-state index in [-0.39, 0.29) is 12.5 Å². The predicted molar refractivity (Wildman–Crippen MR) is 110 cm³/mol. The predicted octanol–water partition coefficient (Wildman–Crippen LogP) is 2.87. The number of primary amides is 1. The Balaban J connectivity index is 1.97. The smallest absolute Gasteiger partial charge is 0.248 e. The number of nitrogens with two attached hydrogens (primary N) is 1. The van der Waals surface area contributed by atoms with E-state index in [0.29, 0.717) is 34.0 Å². The van der Waals surface area contributed by atoms with Crippen molar-refractivity contribution in [3.05, 3.63) is 71.5 Å². The van der Waals surface area contributed by atoms with Crippen LogP contribution < -0.4 is 15.4 Å². The van der Waals surface area contributed by atoms with Crippen molar-refractivity contribution >= 4 is 23.2 Å². The van der Waals surface area contributed by atoms with Crippen LogP contribution in [0.4, 0.5) is 5.69 Å². The molecule has 1 aliphatic heterocycles. The number of anilines is 1. The molecule has 0 aliphatic carbocycles. The van der Waals surface area contributed by atoms with Crippen molar-refractivity contribution in [2.24, 2.45) is 10.7 Å². The molecule has 1 aromatic heterocycles. The molecule has 0 bridgehead atoms. The molecule has 0 atom stereocenters. The normalized spacial score (nSPS) is 13.5. The summed E-state index contributed by atoms with van der Waals surface area (Å²) in [5.41, 5.74) is 9.22. The molecule has 2 heterocycles. The summed E-state index contributed by atoms with van der Waals surface area (Å²) < 4.78 is 11.1. The van der Waals surface area contributed by atoms with E-state index in [9.17, 15) is 9.59 Å². The number of rotatable bonds is 4. The first-order chi connectivity index (χ1) is 14.0. The van der Waals surface area contributed by atoms with E-state index >= 15 is 0 Å². The van der Waals surface area contributed by atoms with Crippen molar-refractivity contribution < 1.29 is 18.7 Å². The number of carbonyl (C=O) groups is 2. The quantitative estimate of drug-likeness (QED) is 0.742. The van der Waals surface area contributed by atoms with E-state index in [0.717, 1.165) is 11.1 Å². The largest absolute Gasteiger partial charge is 0.496 e. The summed E-state index contributed by atoms with van der Waals surface area (Å²) in [4.78, 5) is 30.3. The number of benzodiazepines with no additional fused rings is 1. The second-order valence-electron chi connectivity index (χ2n) is 6.61. The Morgan fingerprint density at radius 3 is 2.69 bits per heavy atom. The minimum atomic E-state index is -0.527. The van der Waals surface area contributed by atoms with Gasteiger partial charge in [-0.25, -0.2) is 0 Å². The van der Waals surface area contributed by atoms with Gasteiger partial charge in [-0.05, 0) is 30.3 Å². The third-order valence-corrected chi connectivity index (χ3v) is 4.89. The lowest BCUT2D eigenvalue weighted by molar-refractivity contribution is -0.116. The zero-order valence-electron chi connectivity index (χ0n) is 16.0. The number of hydrogen-bond donors (Lipinski definition) is 1. The Kier molecular flexibility index (Phi) is 4.64. The minimum absolute atomic E-state index is 0.0142. The van der Waals surface area contributed by atoms with E-state index in [2.05, 4.69) is 4.99 Å². The maximum absolute atomic E-state index is 12.5. The lowest BCUT2D eigenvalue weighted by atomic mass is 9.95. The van der Waals surface area contributed by atoms with Crippen molar-refractivity contribution in [1.29, 1.82) is 0 Å². The molecule has 4 rings (SSSR count). The Bertz CT molecular complexity index is 1130. The Morgan fingerprint density at radius 1 is 1.17 bits per heavy atom. The van der Waals surface area contributed by atoms with Gasteiger partial charge in [0.05, 0.1) is 30.3 Å². The zero-order chi connectivity index (χ0) is 20.5. The molecular formula is C22H19N3O4. The van der Waals surface area contributed by atoms with Gasteiger partial charge in [0.25, 0.3) is 0 Å². The van der Waals surface area contributed by atoms with Gasteiger partial charge < -0.3 is 19.8 Å². The highest BCUT2D eigenvalue weighted by Crippen LogP contribution is 2.38. The Morgan fingerprint density at radius 2 is 2.00 bits per heavy atom. The highest BCUT2D eigenvalue weighted by atomic mass is 16.5. The average Bonchev–Trinajstić information content (AvgIpc) is 3.24. The van der Waals surface area contributed by atoms with Gasteiger partial charge in [0, 0.05) is 29.8 Å². The summed E-state index contributed by atoms with van der Waals surface area (Å²) in [5.74, 6) is 0.527. The molecule has 3 aromatic rings. The number of carbonyl (C=O) groups excluding carboxylic acids is 2. The van der Waals surface area contributed by atoms with E-state index in [1.54, 1.807) is 55.7 Å². The van der Waals surface area contributed by atoms with E-state index in [4.69, 9.17) is 14.9 Å². The van der Waals surface area contributed by atoms with Crippen molar-refractivity contribution in [2.75, 3.05) is 25.6 Å². The third kappa shape index (κ3) is 3.27. The van der Waals surface area contributed by atoms with E-state index in [1.165, 1.54) is 0 Å². The number of benzene rings is 2. The molecule has 0 fully saturated rings. The van der Waals surface area contributed by atoms with Crippen LogP contribution in [-0.2, 0) is 4.79 Å². The van der Waals surface area contributed by atoms with Gasteiger partial charge in [-0.2, -0.15) is 0 Å². The maximum Gasteiger partial charge on any atom is 0.248 e. The van der Waals surface area contributed by atoms with E-state index < -0.39 is 5.91 Å². The maximum atomic E-state index is 12.5. The molecule has 146 valence electrons. The topological polar surface area (TPSA) is 98.1 Å². The Labute approximate surface area is 167 Å². The highest BCUT2D eigenvalue weighted by Gasteiger charge is 2.26. The van der Waals surface area contributed by atoms with Crippen molar-refractivity contribution in [1.82, 2.24) is 0 Å². The standard InChI is InChI=1S/C22H19N3O4/c1-25-17-11-19(28-2)16(18-7-4-8-29-18)10-15(17)21(24-12-20(25)26)13-5-3-6-14(9-13)22(23)27/h3-11H,12H2,1-2H3,(H2,23,27). The van der Waals surface area contributed by atoms with Crippen LogP contribution in [0.15, 0.2) is 64.2 Å². The number of aliphatic imine (C=N–C) groups is 1. The van der Waals surface area contributed by atoms with Gasteiger partial charge >= 0.3 is 0 Å².